The van der Waals surface area contributed by atoms with Gasteiger partial charge in [-0.15, -0.1) is 0 Å². The maximum absolute atomic E-state index is 12.6. The molecule has 0 spiro atoms. The zero-order valence-electron chi connectivity index (χ0n) is 17.0. The zero-order valence-corrected chi connectivity index (χ0v) is 17.0. The summed E-state index contributed by atoms with van der Waals surface area (Å²) in [5, 5.41) is 14.6. The number of nitro groups is 1. The molecular formula is C22H28N4O3. The van der Waals surface area contributed by atoms with E-state index in [1.807, 2.05) is 44.2 Å². The number of amides is 1. The Hall–Kier alpha value is -2.77. The first kappa shape index (κ1) is 21.0. The predicted octanol–water partition coefficient (Wildman–Crippen LogP) is 3.07. The van der Waals surface area contributed by atoms with Crippen LogP contribution in [-0.4, -0.2) is 59.9 Å². The van der Waals surface area contributed by atoms with Gasteiger partial charge in [0.2, 0.25) is 0 Å². The van der Waals surface area contributed by atoms with Crippen LogP contribution in [-0.2, 0) is 0 Å². The van der Waals surface area contributed by atoms with Crippen LogP contribution in [0.25, 0.3) is 0 Å². The van der Waals surface area contributed by atoms with Crippen molar-refractivity contribution in [3.05, 3.63) is 75.3 Å². The third-order valence-electron chi connectivity index (χ3n) is 5.44. The van der Waals surface area contributed by atoms with Crippen LogP contribution in [0.15, 0.2) is 48.5 Å². The molecular weight excluding hydrogens is 368 g/mol. The SMILES string of the molecule is CCN(CC)C(=O)c1ccc([C@@H](c2cccc([N+](=O)[O-])c2)N2CCNCC2)cc1. The van der Waals surface area contributed by atoms with Crippen molar-refractivity contribution in [3.8, 4) is 0 Å². The van der Waals surface area contributed by atoms with Crippen molar-refractivity contribution in [1.29, 1.82) is 0 Å². The van der Waals surface area contributed by atoms with Crippen molar-refractivity contribution in [2.45, 2.75) is 19.9 Å². The summed E-state index contributed by atoms with van der Waals surface area (Å²) in [5.74, 6) is 0.0237. The maximum atomic E-state index is 12.6. The van der Waals surface area contributed by atoms with E-state index in [0.29, 0.717) is 18.7 Å². The summed E-state index contributed by atoms with van der Waals surface area (Å²) in [6, 6.07) is 14.4. The largest absolute Gasteiger partial charge is 0.339 e. The Morgan fingerprint density at radius 2 is 1.76 bits per heavy atom. The monoisotopic (exact) mass is 396 g/mol. The molecule has 7 nitrogen and oxygen atoms in total. The molecule has 1 fully saturated rings. The van der Waals surface area contributed by atoms with Crippen LogP contribution < -0.4 is 5.32 Å². The molecule has 0 bridgehead atoms. The van der Waals surface area contributed by atoms with E-state index in [1.54, 1.807) is 17.0 Å². The van der Waals surface area contributed by atoms with Crippen LogP contribution >= 0.6 is 0 Å². The minimum Gasteiger partial charge on any atom is -0.339 e. The van der Waals surface area contributed by atoms with Crippen LogP contribution in [0.5, 0.6) is 0 Å². The standard InChI is InChI=1S/C22H28N4O3/c1-3-24(4-2)22(27)18-10-8-17(9-11-18)21(25-14-12-23-13-15-25)19-6-5-7-20(16-19)26(28)29/h5-11,16,21,23H,3-4,12-15H2,1-2H3/t21-/m0/s1. The number of carbonyl (C=O) groups is 1. The quantitative estimate of drug-likeness (QED) is 0.575. The number of nitrogens with zero attached hydrogens (tertiary/aromatic N) is 3. The van der Waals surface area contributed by atoms with Gasteiger partial charge in [0.25, 0.3) is 11.6 Å². The summed E-state index contributed by atoms with van der Waals surface area (Å²) < 4.78 is 0. The van der Waals surface area contributed by atoms with Crippen LogP contribution in [0, 0.1) is 10.1 Å². The third-order valence-corrected chi connectivity index (χ3v) is 5.44. The van der Waals surface area contributed by atoms with Crippen molar-refractivity contribution < 1.29 is 9.72 Å². The zero-order chi connectivity index (χ0) is 20.8. The Morgan fingerprint density at radius 1 is 1.10 bits per heavy atom. The fraction of sp³-hybridized carbons (Fsp3) is 0.409. The first-order chi connectivity index (χ1) is 14.0. The van der Waals surface area contributed by atoms with Crippen molar-refractivity contribution in [1.82, 2.24) is 15.1 Å². The maximum Gasteiger partial charge on any atom is 0.269 e. The number of nitro benzene ring substituents is 1. The lowest BCUT2D eigenvalue weighted by Gasteiger charge is -2.35. The van der Waals surface area contributed by atoms with Gasteiger partial charge in [-0.1, -0.05) is 24.3 Å². The highest BCUT2D eigenvalue weighted by Gasteiger charge is 2.25. The molecule has 1 N–H and O–H groups in total. The highest BCUT2D eigenvalue weighted by Crippen LogP contribution is 2.31. The fourth-order valence-corrected chi connectivity index (χ4v) is 3.86. The molecule has 1 aliphatic rings. The normalized spacial score (nSPS) is 15.7. The lowest BCUT2D eigenvalue weighted by molar-refractivity contribution is -0.384. The van der Waals surface area contributed by atoms with Crippen LogP contribution in [0.4, 0.5) is 5.69 Å². The van der Waals surface area contributed by atoms with Gasteiger partial charge in [-0.3, -0.25) is 19.8 Å². The average molecular weight is 396 g/mol. The second-order valence-corrected chi connectivity index (χ2v) is 7.14. The molecule has 2 aromatic carbocycles. The number of nitrogens with one attached hydrogen (secondary N) is 1. The number of carbonyl (C=O) groups excluding carboxylic acids is 1. The van der Waals surface area contributed by atoms with E-state index in [1.165, 1.54) is 6.07 Å². The van der Waals surface area contributed by atoms with Gasteiger partial charge in [-0.25, -0.2) is 0 Å². The summed E-state index contributed by atoms with van der Waals surface area (Å²) in [4.78, 5) is 27.6. The Labute approximate surface area is 171 Å². The second kappa shape index (κ2) is 9.62. The number of piperazine rings is 1. The predicted molar refractivity (Wildman–Crippen MR) is 113 cm³/mol. The number of hydrogen-bond donors (Lipinski definition) is 1. The molecule has 7 heteroatoms. The van der Waals surface area contributed by atoms with Gasteiger partial charge < -0.3 is 10.2 Å². The van der Waals surface area contributed by atoms with Gasteiger partial charge in [0.15, 0.2) is 0 Å². The van der Waals surface area contributed by atoms with E-state index in [0.717, 1.165) is 37.3 Å². The Morgan fingerprint density at radius 3 is 2.34 bits per heavy atom. The summed E-state index contributed by atoms with van der Waals surface area (Å²) in [6.45, 7) is 8.76. The van der Waals surface area contributed by atoms with Gasteiger partial charge in [-0.05, 0) is 37.1 Å². The average Bonchev–Trinajstić information content (AvgIpc) is 2.76. The van der Waals surface area contributed by atoms with E-state index >= 15 is 0 Å². The topological polar surface area (TPSA) is 78.7 Å². The lowest BCUT2D eigenvalue weighted by Crippen LogP contribution is -2.45. The van der Waals surface area contributed by atoms with Crippen molar-refractivity contribution in [3.63, 3.8) is 0 Å². The van der Waals surface area contributed by atoms with Crippen LogP contribution in [0.1, 0.15) is 41.4 Å². The molecule has 1 amide bonds. The molecule has 0 aromatic heterocycles. The van der Waals surface area contributed by atoms with E-state index in [4.69, 9.17) is 0 Å². The van der Waals surface area contributed by atoms with E-state index in [-0.39, 0.29) is 22.6 Å². The lowest BCUT2D eigenvalue weighted by atomic mass is 9.95. The smallest absolute Gasteiger partial charge is 0.269 e. The van der Waals surface area contributed by atoms with E-state index in [9.17, 15) is 14.9 Å². The highest BCUT2D eigenvalue weighted by atomic mass is 16.6. The number of benzene rings is 2. The van der Waals surface area contributed by atoms with Crippen molar-refractivity contribution in [2.75, 3.05) is 39.3 Å². The molecule has 2 aromatic rings. The Balaban J connectivity index is 1.95. The summed E-state index contributed by atoms with van der Waals surface area (Å²) in [6.07, 6.45) is 0. The molecule has 3 rings (SSSR count). The van der Waals surface area contributed by atoms with Crippen molar-refractivity contribution in [2.24, 2.45) is 0 Å². The molecule has 0 radical (unpaired) electrons. The van der Waals surface area contributed by atoms with Crippen LogP contribution in [0.3, 0.4) is 0 Å². The summed E-state index contributed by atoms with van der Waals surface area (Å²) >= 11 is 0. The van der Waals surface area contributed by atoms with Gasteiger partial charge in [0, 0.05) is 57.0 Å². The molecule has 1 saturated heterocycles. The summed E-state index contributed by atoms with van der Waals surface area (Å²) in [7, 11) is 0. The number of rotatable bonds is 7. The van der Waals surface area contributed by atoms with Gasteiger partial charge in [0.1, 0.15) is 0 Å². The fourth-order valence-electron chi connectivity index (χ4n) is 3.86. The molecule has 0 unspecified atom stereocenters. The Bertz CT molecular complexity index is 843. The molecule has 1 atom stereocenters. The number of hydrogen-bond acceptors (Lipinski definition) is 5. The van der Waals surface area contributed by atoms with Gasteiger partial charge in [-0.2, -0.15) is 0 Å². The summed E-state index contributed by atoms with van der Waals surface area (Å²) in [5.41, 5.74) is 2.68. The molecule has 29 heavy (non-hydrogen) atoms. The van der Waals surface area contributed by atoms with Crippen LogP contribution in [0.2, 0.25) is 0 Å². The minimum absolute atomic E-state index is 0.0237. The van der Waals surface area contributed by atoms with Gasteiger partial charge >= 0.3 is 0 Å². The molecule has 0 saturated carbocycles. The molecule has 1 aliphatic heterocycles. The number of non-ortho nitro benzene ring substituents is 1. The van der Waals surface area contributed by atoms with E-state index in [2.05, 4.69) is 10.2 Å². The van der Waals surface area contributed by atoms with Gasteiger partial charge in [0.05, 0.1) is 11.0 Å². The molecule has 1 heterocycles. The first-order valence-corrected chi connectivity index (χ1v) is 10.1. The van der Waals surface area contributed by atoms with E-state index < -0.39 is 0 Å². The first-order valence-electron chi connectivity index (χ1n) is 10.1. The second-order valence-electron chi connectivity index (χ2n) is 7.14. The highest BCUT2D eigenvalue weighted by molar-refractivity contribution is 5.94. The molecule has 154 valence electrons. The Kier molecular flexibility index (Phi) is 6.95. The third kappa shape index (κ3) is 4.81. The van der Waals surface area contributed by atoms with Crippen molar-refractivity contribution >= 4 is 11.6 Å². The minimum atomic E-state index is -0.357. The molecule has 0 aliphatic carbocycles.